The molecule has 6 heteroatoms. The second-order valence-electron chi connectivity index (χ2n) is 6.67. The van der Waals surface area contributed by atoms with E-state index in [-0.39, 0.29) is 5.91 Å². The van der Waals surface area contributed by atoms with Gasteiger partial charge >= 0.3 is 0 Å². The Kier molecular flexibility index (Phi) is 4.96. The molecule has 3 aromatic rings. The smallest absolute Gasteiger partial charge is 0.267 e. The summed E-state index contributed by atoms with van der Waals surface area (Å²) in [4.78, 5) is 19.0. The molecule has 0 saturated heterocycles. The Morgan fingerprint density at radius 3 is 2.77 bits per heavy atom. The van der Waals surface area contributed by atoms with Crippen LogP contribution in [0.2, 0.25) is 0 Å². The minimum Gasteiger partial charge on any atom is -0.397 e. The first kappa shape index (κ1) is 17.5. The number of carbonyl (C=O) groups is 1. The molecule has 0 aliphatic heterocycles. The number of nitrogens with zero attached hydrogens (tertiary/aromatic N) is 1. The molecule has 0 unspecified atom stereocenters. The summed E-state index contributed by atoms with van der Waals surface area (Å²) in [6.07, 6.45) is 6.99. The van der Waals surface area contributed by atoms with E-state index in [1.165, 1.54) is 48.3 Å². The van der Waals surface area contributed by atoms with Gasteiger partial charge in [0.15, 0.2) is 0 Å². The fraction of sp³-hybridized carbons (Fsp3) is 0.300. The third-order valence-electron chi connectivity index (χ3n) is 4.79. The van der Waals surface area contributed by atoms with E-state index in [2.05, 4.69) is 27.3 Å². The average molecular weight is 430 g/mol. The summed E-state index contributed by atoms with van der Waals surface area (Å²) >= 11 is 4.80. The van der Waals surface area contributed by atoms with Gasteiger partial charge in [-0.3, -0.25) is 4.79 Å². The fourth-order valence-corrected chi connectivity index (χ4v) is 4.83. The van der Waals surface area contributed by atoms with Gasteiger partial charge in [0.1, 0.15) is 9.71 Å². The largest absolute Gasteiger partial charge is 0.397 e. The van der Waals surface area contributed by atoms with Crippen LogP contribution in [-0.4, -0.2) is 10.9 Å². The predicted molar refractivity (Wildman–Crippen MR) is 112 cm³/mol. The first-order valence-corrected chi connectivity index (χ1v) is 10.5. The maximum atomic E-state index is 12.7. The number of aryl methyl sites for hydroxylation is 2. The number of aromatic nitrogens is 1. The van der Waals surface area contributed by atoms with Crippen LogP contribution in [0.1, 0.15) is 46.6 Å². The minimum atomic E-state index is -0.184. The number of pyridine rings is 1. The third kappa shape index (κ3) is 3.48. The monoisotopic (exact) mass is 429 g/mol. The van der Waals surface area contributed by atoms with E-state index in [1.54, 1.807) is 0 Å². The van der Waals surface area contributed by atoms with Gasteiger partial charge in [-0.2, -0.15) is 0 Å². The second-order valence-corrected chi connectivity index (χ2v) is 8.59. The lowest BCUT2D eigenvalue weighted by atomic mass is 9.96. The standard InChI is InChI=1S/C20H20BrN3OS/c21-13-7-5-8-14(11-13)23-19(25)18-17(22)15-10-12-6-3-1-2-4-9-16(12)24-20(15)26-18/h5,7-8,10-11H,1-4,6,9,22H2,(H,23,25). The number of hydrogen-bond donors (Lipinski definition) is 2. The van der Waals surface area contributed by atoms with Gasteiger partial charge in [-0.05, 0) is 55.5 Å². The quantitative estimate of drug-likeness (QED) is 0.560. The number of amides is 1. The summed E-state index contributed by atoms with van der Waals surface area (Å²) in [6, 6.07) is 9.69. The molecular weight excluding hydrogens is 410 g/mol. The number of nitrogens with one attached hydrogen (secondary N) is 1. The van der Waals surface area contributed by atoms with Crippen molar-refractivity contribution < 1.29 is 4.79 Å². The van der Waals surface area contributed by atoms with Gasteiger partial charge in [-0.25, -0.2) is 4.98 Å². The summed E-state index contributed by atoms with van der Waals surface area (Å²) in [5.41, 5.74) is 10.1. The van der Waals surface area contributed by atoms with Gasteiger partial charge in [0.05, 0.1) is 5.69 Å². The molecule has 26 heavy (non-hydrogen) atoms. The molecule has 3 N–H and O–H groups in total. The molecule has 2 aromatic heterocycles. The highest BCUT2D eigenvalue weighted by Gasteiger charge is 2.20. The van der Waals surface area contributed by atoms with Gasteiger partial charge in [0.2, 0.25) is 0 Å². The van der Waals surface area contributed by atoms with Crippen molar-refractivity contribution in [3.05, 3.63) is 50.9 Å². The highest BCUT2D eigenvalue weighted by atomic mass is 79.9. The molecule has 4 nitrogen and oxygen atoms in total. The van der Waals surface area contributed by atoms with Crippen molar-refractivity contribution in [2.75, 3.05) is 11.1 Å². The molecule has 0 bridgehead atoms. The number of thiophene rings is 1. The normalized spacial score (nSPS) is 14.5. The summed E-state index contributed by atoms with van der Waals surface area (Å²) in [5.74, 6) is -0.184. The number of halogens is 1. The summed E-state index contributed by atoms with van der Waals surface area (Å²) in [5, 5.41) is 3.83. The van der Waals surface area contributed by atoms with E-state index in [1.807, 2.05) is 24.3 Å². The lowest BCUT2D eigenvalue weighted by molar-refractivity contribution is 0.103. The third-order valence-corrected chi connectivity index (χ3v) is 6.40. The zero-order chi connectivity index (χ0) is 18.1. The Morgan fingerprint density at radius 1 is 1.15 bits per heavy atom. The topological polar surface area (TPSA) is 68.0 Å². The Bertz CT molecular complexity index is 983. The number of nitrogen functional groups attached to an aromatic ring is 1. The zero-order valence-corrected chi connectivity index (χ0v) is 16.8. The zero-order valence-electron chi connectivity index (χ0n) is 14.3. The van der Waals surface area contributed by atoms with E-state index in [0.29, 0.717) is 10.6 Å². The Balaban J connectivity index is 1.69. The number of fused-ring (bicyclic) bond motifs is 2. The first-order valence-electron chi connectivity index (χ1n) is 8.89. The van der Waals surface area contributed by atoms with E-state index >= 15 is 0 Å². The van der Waals surface area contributed by atoms with Crippen LogP contribution in [0.5, 0.6) is 0 Å². The number of anilines is 2. The molecule has 0 fully saturated rings. The lowest BCUT2D eigenvalue weighted by Gasteiger charge is -2.12. The number of rotatable bonds is 2. The summed E-state index contributed by atoms with van der Waals surface area (Å²) < 4.78 is 0.918. The van der Waals surface area contributed by atoms with Gasteiger partial charge in [0, 0.05) is 21.2 Å². The number of nitrogens with two attached hydrogens (primary N) is 1. The molecule has 0 atom stereocenters. The van der Waals surface area contributed by atoms with Crippen molar-refractivity contribution in [3.8, 4) is 0 Å². The highest BCUT2D eigenvalue weighted by molar-refractivity contribution is 9.10. The average Bonchev–Trinajstić information content (AvgIpc) is 2.91. The Hall–Kier alpha value is -1.92. The van der Waals surface area contributed by atoms with Crippen molar-refractivity contribution in [1.82, 2.24) is 4.98 Å². The van der Waals surface area contributed by atoms with Crippen LogP contribution in [0.15, 0.2) is 34.8 Å². The molecule has 1 aliphatic carbocycles. The van der Waals surface area contributed by atoms with Crippen molar-refractivity contribution in [2.24, 2.45) is 0 Å². The Morgan fingerprint density at radius 2 is 1.96 bits per heavy atom. The van der Waals surface area contributed by atoms with Crippen molar-refractivity contribution in [2.45, 2.75) is 38.5 Å². The molecule has 1 aliphatic rings. The van der Waals surface area contributed by atoms with Crippen LogP contribution >= 0.6 is 27.3 Å². The Labute approximate surface area is 164 Å². The molecule has 2 heterocycles. The molecule has 0 radical (unpaired) electrons. The van der Waals surface area contributed by atoms with Crippen LogP contribution in [-0.2, 0) is 12.8 Å². The van der Waals surface area contributed by atoms with E-state index in [9.17, 15) is 4.79 Å². The number of hydrogen-bond acceptors (Lipinski definition) is 4. The van der Waals surface area contributed by atoms with Crippen molar-refractivity contribution >= 4 is 54.8 Å². The summed E-state index contributed by atoms with van der Waals surface area (Å²) in [6.45, 7) is 0. The van der Waals surface area contributed by atoms with Gasteiger partial charge in [-0.15, -0.1) is 11.3 Å². The fourth-order valence-electron chi connectivity index (χ4n) is 3.44. The van der Waals surface area contributed by atoms with E-state index in [0.717, 1.165) is 33.2 Å². The minimum absolute atomic E-state index is 0.184. The van der Waals surface area contributed by atoms with Crippen molar-refractivity contribution in [1.29, 1.82) is 0 Å². The maximum Gasteiger partial charge on any atom is 0.267 e. The van der Waals surface area contributed by atoms with Crippen LogP contribution < -0.4 is 11.1 Å². The molecule has 1 amide bonds. The molecule has 1 aromatic carbocycles. The molecule has 134 valence electrons. The highest BCUT2D eigenvalue weighted by Crippen LogP contribution is 2.35. The number of carbonyl (C=O) groups excluding carboxylic acids is 1. The van der Waals surface area contributed by atoms with Gasteiger partial charge in [-0.1, -0.05) is 34.8 Å². The first-order chi connectivity index (χ1) is 12.6. The van der Waals surface area contributed by atoms with Crippen LogP contribution in [0.3, 0.4) is 0 Å². The molecule has 4 rings (SSSR count). The second kappa shape index (κ2) is 7.37. The van der Waals surface area contributed by atoms with E-state index in [4.69, 9.17) is 10.7 Å². The molecule has 0 saturated carbocycles. The van der Waals surface area contributed by atoms with Gasteiger partial charge < -0.3 is 11.1 Å². The maximum absolute atomic E-state index is 12.7. The van der Waals surface area contributed by atoms with Gasteiger partial charge in [0.25, 0.3) is 5.91 Å². The van der Waals surface area contributed by atoms with Crippen molar-refractivity contribution in [3.63, 3.8) is 0 Å². The number of benzene rings is 1. The summed E-state index contributed by atoms with van der Waals surface area (Å²) in [7, 11) is 0. The predicted octanol–water partition coefficient (Wildman–Crippen LogP) is 5.55. The molecule has 0 spiro atoms. The molecular formula is C20H20BrN3OS. The SMILES string of the molecule is Nc1c(C(=O)Nc2cccc(Br)c2)sc2nc3c(cc12)CCCCCC3. The van der Waals surface area contributed by atoms with E-state index < -0.39 is 0 Å². The lowest BCUT2D eigenvalue weighted by Crippen LogP contribution is -2.11. The van der Waals surface area contributed by atoms with Crippen LogP contribution in [0.4, 0.5) is 11.4 Å². The van der Waals surface area contributed by atoms with Crippen LogP contribution in [0, 0.1) is 0 Å². The van der Waals surface area contributed by atoms with Crippen LogP contribution in [0.25, 0.3) is 10.2 Å².